The molecule has 3 heterocycles. The van der Waals surface area contributed by atoms with Gasteiger partial charge in [0.25, 0.3) is 0 Å². The van der Waals surface area contributed by atoms with Crippen LogP contribution < -0.4 is 0 Å². The first kappa shape index (κ1) is 19.1. The number of amides is 1. The predicted molar refractivity (Wildman–Crippen MR) is 107 cm³/mol. The number of piperidine rings is 2. The van der Waals surface area contributed by atoms with Crippen LogP contribution in [0.2, 0.25) is 0 Å². The molecule has 1 aromatic heterocycles. The van der Waals surface area contributed by atoms with E-state index in [9.17, 15) is 4.79 Å². The Balaban J connectivity index is 1.25. The molecule has 150 valence electrons. The van der Waals surface area contributed by atoms with Gasteiger partial charge in [0.15, 0.2) is 5.82 Å². The van der Waals surface area contributed by atoms with E-state index in [1.807, 2.05) is 18.2 Å². The van der Waals surface area contributed by atoms with Gasteiger partial charge in [0.2, 0.25) is 11.8 Å². The van der Waals surface area contributed by atoms with Crippen molar-refractivity contribution in [2.75, 3.05) is 26.2 Å². The van der Waals surface area contributed by atoms with Gasteiger partial charge in [-0.1, -0.05) is 42.4 Å². The van der Waals surface area contributed by atoms with Gasteiger partial charge in [0.05, 0.1) is 6.54 Å². The lowest BCUT2D eigenvalue weighted by Gasteiger charge is -2.36. The van der Waals surface area contributed by atoms with Crippen LogP contribution >= 0.6 is 0 Å². The molecule has 1 atom stereocenters. The quantitative estimate of drug-likeness (QED) is 0.795. The van der Waals surface area contributed by atoms with Gasteiger partial charge in [0, 0.05) is 25.4 Å². The van der Waals surface area contributed by atoms with E-state index in [1.165, 1.54) is 12.0 Å². The Kier molecular flexibility index (Phi) is 6.05. The number of nitrogens with zero attached hydrogens (tertiary/aromatic N) is 4. The van der Waals surface area contributed by atoms with E-state index in [2.05, 4.69) is 39.0 Å². The Morgan fingerprint density at radius 3 is 2.68 bits per heavy atom. The minimum Gasteiger partial charge on any atom is -0.342 e. The number of aromatic nitrogens is 2. The molecule has 0 N–H and O–H groups in total. The number of hydrogen-bond acceptors (Lipinski definition) is 5. The standard InChI is InChI=1S/C22H30N4O2/c1-17-6-5-11-26(15-17)22(27)19-9-12-25(13-10-19)16-21-23-20(24-28-21)14-18-7-3-2-4-8-18/h2-4,7-8,17,19H,5-6,9-16H2,1H3/t17-/m1/s1. The topological polar surface area (TPSA) is 62.5 Å². The van der Waals surface area contributed by atoms with Crippen LogP contribution in [0.4, 0.5) is 0 Å². The Labute approximate surface area is 166 Å². The average molecular weight is 383 g/mol. The van der Waals surface area contributed by atoms with Crippen molar-refractivity contribution in [1.29, 1.82) is 0 Å². The molecule has 2 saturated heterocycles. The molecule has 2 fully saturated rings. The molecular formula is C22H30N4O2. The van der Waals surface area contributed by atoms with Crippen LogP contribution in [0.15, 0.2) is 34.9 Å². The highest BCUT2D eigenvalue weighted by molar-refractivity contribution is 5.79. The van der Waals surface area contributed by atoms with Crippen LogP contribution in [0.5, 0.6) is 0 Å². The van der Waals surface area contributed by atoms with Gasteiger partial charge in [-0.3, -0.25) is 9.69 Å². The first-order valence-electron chi connectivity index (χ1n) is 10.5. The van der Waals surface area contributed by atoms with Crippen molar-refractivity contribution in [3.8, 4) is 0 Å². The van der Waals surface area contributed by atoms with Crippen LogP contribution in [-0.2, 0) is 17.8 Å². The van der Waals surface area contributed by atoms with Gasteiger partial charge in [-0.05, 0) is 50.3 Å². The average Bonchev–Trinajstić information content (AvgIpc) is 3.15. The van der Waals surface area contributed by atoms with Crippen molar-refractivity contribution in [3.63, 3.8) is 0 Å². The second-order valence-electron chi connectivity index (χ2n) is 8.35. The van der Waals surface area contributed by atoms with Gasteiger partial charge in [-0.15, -0.1) is 0 Å². The Hall–Kier alpha value is -2.21. The summed E-state index contributed by atoms with van der Waals surface area (Å²) in [7, 11) is 0. The van der Waals surface area contributed by atoms with Crippen molar-refractivity contribution < 1.29 is 9.32 Å². The summed E-state index contributed by atoms with van der Waals surface area (Å²) in [5.74, 6) is 2.58. The fraction of sp³-hybridized carbons (Fsp3) is 0.591. The molecular weight excluding hydrogens is 352 g/mol. The number of likely N-dealkylation sites (tertiary alicyclic amines) is 2. The molecule has 4 rings (SSSR count). The Bertz CT molecular complexity index is 768. The molecule has 0 spiro atoms. The van der Waals surface area contributed by atoms with Crippen molar-refractivity contribution >= 4 is 5.91 Å². The van der Waals surface area contributed by atoms with Crippen LogP contribution in [-0.4, -0.2) is 52.0 Å². The molecule has 2 aromatic rings. The first-order valence-corrected chi connectivity index (χ1v) is 10.5. The van der Waals surface area contributed by atoms with Gasteiger partial charge >= 0.3 is 0 Å². The zero-order chi connectivity index (χ0) is 19.3. The van der Waals surface area contributed by atoms with E-state index < -0.39 is 0 Å². The molecule has 28 heavy (non-hydrogen) atoms. The molecule has 2 aliphatic rings. The molecule has 1 aromatic carbocycles. The van der Waals surface area contributed by atoms with E-state index in [4.69, 9.17) is 4.52 Å². The monoisotopic (exact) mass is 382 g/mol. The Morgan fingerprint density at radius 1 is 1.14 bits per heavy atom. The number of hydrogen-bond donors (Lipinski definition) is 0. The van der Waals surface area contributed by atoms with E-state index in [0.717, 1.165) is 51.3 Å². The fourth-order valence-electron chi connectivity index (χ4n) is 4.38. The highest BCUT2D eigenvalue weighted by Crippen LogP contribution is 2.24. The lowest BCUT2D eigenvalue weighted by atomic mass is 9.93. The van der Waals surface area contributed by atoms with E-state index in [-0.39, 0.29) is 5.92 Å². The van der Waals surface area contributed by atoms with E-state index >= 15 is 0 Å². The first-order chi connectivity index (χ1) is 13.7. The van der Waals surface area contributed by atoms with Gasteiger partial charge in [-0.2, -0.15) is 4.98 Å². The zero-order valence-electron chi connectivity index (χ0n) is 16.7. The maximum atomic E-state index is 12.8. The second kappa shape index (κ2) is 8.86. The van der Waals surface area contributed by atoms with Crippen LogP contribution in [0.25, 0.3) is 0 Å². The minimum absolute atomic E-state index is 0.179. The van der Waals surface area contributed by atoms with E-state index in [0.29, 0.717) is 30.7 Å². The van der Waals surface area contributed by atoms with Crippen LogP contribution in [0.3, 0.4) is 0 Å². The maximum absolute atomic E-state index is 12.8. The predicted octanol–water partition coefficient (Wildman–Crippen LogP) is 3.13. The van der Waals surface area contributed by atoms with Crippen molar-refractivity contribution in [3.05, 3.63) is 47.6 Å². The molecule has 0 unspecified atom stereocenters. The molecule has 0 radical (unpaired) electrons. The summed E-state index contributed by atoms with van der Waals surface area (Å²) in [6.07, 6.45) is 4.94. The highest BCUT2D eigenvalue weighted by Gasteiger charge is 2.30. The zero-order valence-corrected chi connectivity index (χ0v) is 16.7. The number of carbonyl (C=O) groups excluding carboxylic acids is 1. The largest absolute Gasteiger partial charge is 0.342 e. The van der Waals surface area contributed by atoms with Gasteiger partial charge in [0.1, 0.15) is 0 Å². The lowest BCUT2D eigenvalue weighted by molar-refractivity contribution is -0.138. The third-order valence-corrected chi connectivity index (χ3v) is 5.98. The molecule has 1 amide bonds. The number of rotatable bonds is 5. The summed E-state index contributed by atoms with van der Waals surface area (Å²) >= 11 is 0. The minimum atomic E-state index is 0.179. The molecule has 2 aliphatic heterocycles. The normalized spacial score (nSPS) is 21.8. The summed E-state index contributed by atoms with van der Waals surface area (Å²) < 4.78 is 5.44. The van der Waals surface area contributed by atoms with Crippen LogP contribution in [0, 0.1) is 11.8 Å². The smallest absolute Gasteiger partial charge is 0.240 e. The summed E-state index contributed by atoms with van der Waals surface area (Å²) in [6, 6.07) is 10.2. The molecule has 0 bridgehead atoms. The Morgan fingerprint density at radius 2 is 1.93 bits per heavy atom. The van der Waals surface area contributed by atoms with Gasteiger partial charge < -0.3 is 9.42 Å². The van der Waals surface area contributed by atoms with Crippen molar-refractivity contribution in [1.82, 2.24) is 19.9 Å². The molecule has 0 saturated carbocycles. The fourth-order valence-corrected chi connectivity index (χ4v) is 4.38. The maximum Gasteiger partial charge on any atom is 0.240 e. The van der Waals surface area contributed by atoms with Crippen molar-refractivity contribution in [2.45, 2.75) is 45.6 Å². The van der Waals surface area contributed by atoms with Crippen LogP contribution in [0.1, 0.15) is 49.9 Å². The van der Waals surface area contributed by atoms with Gasteiger partial charge in [-0.25, -0.2) is 0 Å². The summed E-state index contributed by atoms with van der Waals surface area (Å²) in [5.41, 5.74) is 1.18. The SMILES string of the molecule is C[C@@H]1CCCN(C(=O)C2CCN(Cc3nc(Cc4ccccc4)no3)CC2)C1. The summed E-state index contributed by atoms with van der Waals surface area (Å²) in [6.45, 7) is 6.62. The highest BCUT2D eigenvalue weighted by atomic mass is 16.5. The molecule has 6 heteroatoms. The van der Waals surface area contributed by atoms with E-state index in [1.54, 1.807) is 0 Å². The molecule has 6 nitrogen and oxygen atoms in total. The summed E-state index contributed by atoms with van der Waals surface area (Å²) in [4.78, 5) is 21.8. The summed E-state index contributed by atoms with van der Waals surface area (Å²) in [5, 5.41) is 4.11. The molecule has 0 aliphatic carbocycles. The lowest BCUT2D eigenvalue weighted by Crippen LogP contribution is -2.45. The third kappa shape index (κ3) is 4.79. The van der Waals surface area contributed by atoms with Crippen molar-refractivity contribution in [2.24, 2.45) is 11.8 Å². The number of carbonyl (C=O) groups is 1. The number of benzene rings is 1. The second-order valence-corrected chi connectivity index (χ2v) is 8.35. The third-order valence-electron chi connectivity index (χ3n) is 5.98.